The number of ketones is 1. The minimum Gasteiger partial charge on any atom is -0.300 e. The fourth-order valence-electron chi connectivity index (χ4n) is 3.15. The lowest BCUT2D eigenvalue weighted by atomic mass is 10.1. The second-order valence-electron chi connectivity index (χ2n) is 6.70. The van der Waals surface area contributed by atoms with E-state index >= 15 is 0 Å². The number of hydrogen-bond donors (Lipinski definition) is 0. The Bertz CT molecular complexity index is 726. The molecule has 7 heteroatoms. The Balaban J connectivity index is 1.79. The molecule has 0 saturated carbocycles. The molecule has 0 radical (unpaired) electrons. The first-order valence-corrected chi connectivity index (χ1v) is 10.2. The minimum atomic E-state index is -0.255. The summed E-state index contributed by atoms with van der Waals surface area (Å²) >= 11 is 1.60. The summed E-state index contributed by atoms with van der Waals surface area (Å²) in [5, 5.41) is 9.58. The van der Waals surface area contributed by atoms with Crippen molar-refractivity contribution in [2.45, 2.75) is 50.7 Å². The largest absolute Gasteiger partial charge is 0.300 e. The van der Waals surface area contributed by atoms with E-state index in [2.05, 4.69) is 15.1 Å². The highest BCUT2D eigenvalue weighted by Gasteiger charge is 2.18. The third-order valence-electron chi connectivity index (χ3n) is 4.50. The molecule has 0 unspecified atom stereocenters. The van der Waals surface area contributed by atoms with Crippen molar-refractivity contribution in [1.82, 2.24) is 19.7 Å². The van der Waals surface area contributed by atoms with Crippen molar-refractivity contribution < 1.29 is 9.18 Å². The van der Waals surface area contributed by atoms with Crippen molar-refractivity contribution in [3.05, 3.63) is 35.9 Å². The Labute approximate surface area is 158 Å². The highest BCUT2D eigenvalue weighted by Crippen LogP contribution is 2.24. The number of rotatable bonds is 8. The maximum atomic E-state index is 13.3. The fourth-order valence-corrected chi connectivity index (χ4v) is 4.06. The van der Waals surface area contributed by atoms with Crippen LogP contribution in [0.5, 0.6) is 0 Å². The average molecular weight is 377 g/mol. The molecular formula is C19H25FN4OS. The number of carbonyl (C=O) groups is 1. The van der Waals surface area contributed by atoms with Crippen LogP contribution in [0.3, 0.4) is 0 Å². The molecule has 5 nitrogen and oxygen atoms in total. The van der Waals surface area contributed by atoms with Crippen molar-refractivity contribution in [1.29, 1.82) is 0 Å². The summed E-state index contributed by atoms with van der Waals surface area (Å²) < 4.78 is 15.4. The summed E-state index contributed by atoms with van der Waals surface area (Å²) in [6.45, 7) is 4.52. The van der Waals surface area contributed by atoms with Crippen LogP contribution in [0.15, 0.2) is 29.4 Å². The average Bonchev–Trinajstić information content (AvgIpc) is 3.03. The number of halogens is 1. The zero-order valence-electron chi connectivity index (χ0n) is 15.2. The quantitative estimate of drug-likeness (QED) is 0.517. The van der Waals surface area contributed by atoms with Crippen LogP contribution in [0.1, 0.15) is 44.9 Å². The van der Waals surface area contributed by atoms with Gasteiger partial charge in [0, 0.05) is 17.9 Å². The molecule has 0 atom stereocenters. The first kappa shape index (κ1) is 19.0. The standard InChI is InChI=1S/C19H25FN4OS/c1-15(25)6-5-13-26-19-22-21-18(14-23-11-3-2-4-12-23)24(19)17-9-7-16(20)8-10-17/h7-10H,2-6,11-14H2,1H3. The maximum absolute atomic E-state index is 13.3. The summed E-state index contributed by atoms with van der Waals surface area (Å²) in [5.41, 5.74) is 0.873. The zero-order chi connectivity index (χ0) is 18.4. The summed E-state index contributed by atoms with van der Waals surface area (Å²) in [7, 11) is 0. The highest BCUT2D eigenvalue weighted by atomic mass is 32.2. The Morgan fingerprint density at radius 1 is 1.15 bits per heavy atom. The predicted molar refractivity (Wildman–Crippen MR) is 101 cm³/mol. The molecule has 1 saturated heterocycles. The monoisotopic (exact) mass is 376 g/mol. The van der Waals surface area contributed by atoms with Crippen LogP contribution >= 0.6 is 11.8 Å². The molecule has 2 heterocycles. The zero-order valence-corrected chi connectivity index (χ0v) is 16.0. The van der Waals surface area contributed by atoms with E-state index in [1.165, 1.54) is 31.4 Å². The van der Waals surface area contributed by atoms with Gasteiger partial charge in [-0.1, -0.05) is 18.2 Å². The first-order valence-electron chi connectivity index (χ1n) is 9.18. The molecular weight excluding hydrogens is 351 g/mol. The van der Waals surface area contributed by atoms with Crippen LogP contribution in [0.2, 0.25) is 0 Å². The van der Waals surface area contributed by atoms with Gasteiger partial charge in [-0.2, -0.15) is 0 Å². The van der Waals surface area contributed by atoms with Crippen molar-refractivity contribution >= 4 is 17.5 Å². The highest BCUT2D eigenvalue weighted by molar-refractivity contribution is 7.99. The SMILES string of the molecule is CC(=O)CCCSc1nnc(CN2CCCCC2)n1-c1ccc(F)cc1. The number of hydrogen-bond acceptors (Lipinski definition) is 5. The van der Waals surface area contributed by atoms with Crippen molar-refractivity contribution in [3.63, 3.8) is 0 Å². The van der Waals surface area contributed by atoms with Gasteiger partial charge in [-0.25, -0.2) is 4.39 Å². The van der Waals surface area contributed by atoms with E-state index in [-0.39, 0.29) is 11.6 Å². The maximum Gasteiger partial charge on any atom is 0.195 e. The molecule has 1 fully saturated rings. The number of nitrogens with zero attached hydrogens (tertiary/aromatic N) is 4. The molecule has 1 aromatic heterocycles. The molecule has 140 valence electrons. The van der Waals surface area contributed by atoms with Crippen molar-refractivity contribution in [3.8, 4) is 5.69 Å². The number of Topliss-reactive ketones (excluding diaryl/α,β-unsaturated/α-hetero) is 1. The molecule has 1 aromatic carbocycles. The Morgan fingerprint density at radius 3 is 2.58 bits per heavy atom. The number of aromatic nitrogens is 3. The van der Waals surface area contributed by atoms with Gasteiger partial charge in [0.2, 0.25) is 0 Å². The van der Waals surface area contributed by atoms with Crippen molar-refractivity contribution in [2.75, 3.05) is 18.8 Å². The normalized spacial score (nSPS) is 15.3. The van der Waals surface area contributed by atoms with Gasteiger partial charge in [0.1, 0.15) is 11.6 Å². The van der Waals surface area contributed by atoms with E-state index < -0.39 is 0 Å². The lowest BCUT2D eigenvalue weighted by molar-refractivity contribution is -0.117. The summed E-state index contributed by atoms with van der Waals surface area (Å²) in [6.07, 6.45) is 5.13. The number of piperidine rings is 1. The lowest BCUT2D eigenvalue weighted by Gasteiger charge is -2.26. The van der Waals surface area contributed by atoms with Gasteiger partial charge in [0.15, 0.2) is 11.0 Å². The van der Waals surface area contributed by atoms with Crippen LogP contribution in [0, 0.1) is 5.82 Å². The van der Waals surface area contributed by atoms with E-state index in [0.29, 0.717) is 6.42 Å². The van der Waals surface area contributed by atoms with E-state index in [4.69, 9.17) is 0 Å². The number of likely N-dealkylation sites (tertiary alicyclic amines) is 1. The van der Waals surface area contributed by atoms with Gasteiger partial charge in [0.05, 0.1) is 6.54 Å². The van der Waals surface area contributed by atoms with Gasteiger partial charge >= 0.3 is 0 Å². The van der Waals surface area contributed by atoms with Crippen LogP contribution in [0.25, 0.3) is 5.69 Å². The van der Waals surface area contributed by atoms with Gasteiger partial charge in [0.25, 0.3) is 0 Å². The molecule has 1 aliphatic rings. The van der Waals surface area contributed by atoms with E-state index in [1.54, 1.807) is 30.8 Å². The third-order valence-corrected chi connectivity index (χ3v) is 5.52. The third kappa shape index (κ3) is 5.14. The second kappa shape index (κ2) is 9.28. The molecule has 1 aliphatic heterocycles. The molecule has 0 N–H and O–H groups in total. The summed E-state index contributed by atoms with van der Waals surface area (Å²) in [4.78, 5) is 13.5. The number of thioether (sulfide) groups is 1. The molecule has 0 aliphatic carbocycles. The fraction of sp³-hybridized carbons (Fsp3) is 0.526. The molecule has 0 bridgehead atoms. The van der Waals surface area contributed by atoms with Crippen LogP contribution in [-0.2, 0) is 11.3 Å². The topological polar surface area (TPSA) is 51.0 Å². The molecule has 26 heavy (non-hydrogen) atoms. The van der Waals surface area contributed by atoms with Crippen molar-refractivity contribution in [2.24, 2.45) is 0 Å². The molecule has 2 aromatic rings. The van der Waals surface area contributed by atoms with E-state index in [0.717, 1.165) is 48.5 Å². The van der Waals surface area contributed by atoms with Crippen LogP contribution in [-0.4, -0.2) is 44.3 Å². The van der Waals surface area contributed by atoms with Gasteiger partial charge < -0.3 is 4.79 Å². The second-order valence-corrected chi connectivity index (χ2v) is 7.76. The minimum absolute atomic E-state index is 0.205. The molecule has 0 spiro atoms. The summed E-state index contributed by atoms with van der Waals surface area (Å²) in [5.74, 6) is 1.64. The summed E-state index contributed by atoms with van der Waals surface area (Å²) in [6, 6.07) is 6.45. The lowest BCUT2D eigenvalue weighted by Crippen LogP contribution is -2.30. The number of benzene rings is 1. The van der Waals surface area contributed by atoms with Crippen LogP contribution < -0.4 is 0 Å². The Morgan fingerprint density at radius 2 is 1.88 bits per heavy atom. The Kier molecular flexibility index (Phi) is 6.80. The molecule has 3 rings (SSSR count). The van der Waals surface area contributed by atoms with Gasteiger partial charge in [-0.15, -0.1) is 10.2 Å². The van der Waals surface area contributed by atoms with E-state index in [1.807, 2.05) is 4.57 Å². The Hall–Kier alpha value is -1.73. The smallest absolute Gasteiger partial charge is 0.195 e. The number of carbonyl (C=O) groups excluding carboxylic acids is 1. The van der Waals surface area contributed by atoms with Gasteiger partial charge in [-0.05, 0) is 63.5 Å². The van der Waals surface area contributed by atoms with Gasteiger partial charge in [-0.3, -0.25) is 9.47 Å². The van der Waals surface area contributed by atoms with Crippen LogP contribution in [0.4, 0.5) is 4.39 Å². The van der Waals surface area contributed by atoms with E-state index in [9.17, 15) is 9.18 Å². The predicted octanol–water partition coefficient (Wildman–Crippen LogP) is 3.85. The molecule has 0 amide bonds. The first-order chi connectivity index (χ1) is 12.6.